The molecule has 0 spiro atoms. The third kappa shape index (κ3) is 3.55. The highest BCUT2D eigenvalue weighted by molar-refractivity contribution is 5.95. The Kier molecular flexibility index (Phi) is 4.66. The number of likely N-dealkylation sites (N-methyl/N-ethyl adjacent to an activating group) is 1. The Morgan fingerprint density at radius 1 is 1.13 bits per heavy atom. The van der Waals surface area contributed by atoms with E-state index in [9.17, 15) is 9.59 Å². The first-order chi connectivity index (χ1) is 11.0. The monoisotopic (exact) mass is 315 g/mol. The second-order valence-electron chi connectivity index (χ2n) is 6.64. The van der Waals surface area contributed by atoms with Crippen molar-refractivity contribution in [1.82, 2.24) is 10.2 Å². The number of nitrogens with zero attached hydrogens (tertiary/aromatic N) is 2. The molecule has 3 rings (SSSR count). The van der Waals surface area contributed by atoms with Crippen LogP contribution >= 0.6 is 0 Å². The van der Waals surface area contributed by atoms with Gasteiger partial charge in [0.05, 0.1) is 0 Å². The van der Waals surface area contributed by atoms with Crippen LogP contribution in [-0.2, 0) is 9.59 Å². The molecule has 2 aliphatic heterocycles. The Bertz CT molecular complexity index is 584. The van der Waals surface area contributed by atoms with E-state index in [1.54, 1.807) is 4.90 Å². The van der Waals surface area contributed by atoms with Crippen LogP contribution in [0.1, 0.15) is 44.2 Å². The van der Waals surface area contributed by atoms with Crippen molar-refractivity contribution in [2.45, 2.75) is 44.7 Å². The van der Waals surface area contributed by atoms with E-state index in [0.29, 0.717) is 18.9 Å². The van der Waals surface area contributed by atoms with Gasteiger partial charge in [-0.3, -0.25) is 9.59 Å². The molecular formula is C18H25N3O2. The van der Waals surface area contributed by atoms with E-state index in [2.05, 4.69) is 24.4 Å². The number of hydrogen-bond donors (Lipinski definition) is 1. The summed E-state index contributed by atoms with van der Waals surface area (Å²) in [5.74, 6) is 0.453. The van der Waals surface area contributed by atoms with Gasteiger partial charge >= 0.3 is 0 Å². The summed E-state index contributed by atoms with van der Waals surface area (Å²) < 4.78 is 0. The summed E-state index contributed by atoms with van der Waals surface area (Å²) >= 11 is 0. The molecule has 1 aromatic carbocycles. The van der Waals surface area contributed by atoms with E-state index in [0.717, 1.165) is 31.6 Å². The highest BCUT2D eigenvalue weighted by atomic mass is 16.2. The van der Waals surface area contributed by atoms with Crippen LogP contribution in [0.3, 0.4) is 0 Å². The Hall–Kier alpha value is -1.88. The van der Waals surface area contributed by atoms with E-state index < -0.39 is 0 Å². The van der Waals surface area contributed by atoms with E-state index in [-0.39, 0.29) is 17.9 Å². The fraction of sp³-hybridized carbons (Fsp3) is 0.556. The van der Waals surface area contributed by atoms with Gasteiger partial charge in [0.15, 0.2) is 0 Å². The quantitative estimate of drug-likeness (QED) is 0.925. The van der Waals surface area contributed by atoms with Crippen LogP contribution in [0.4, 0.5) is 5.69 Å². The maximum Gasteiger partial charge on any atom is 0.227 e. The lowest BCUT2D eigenvalue weighted by molar-refractivity contribution is -0.132. The molecule has 2 saturated heterocycles. The Morgan fingerprint density at radius 3 is 2.48 bits per heavy atom. The van der Waals surface area contributed by atoms with Gasteiger partial charge in [0.25, 0.3) is 0 Å². The third-order valence-corrected chi connectivity index (χ3v) is 4.89. The molecule has 0 aliphatic carbocycles. The zero-order valence-corrected chi connectivity index (χ0v) is 13.9. The molecule has 5 heteroatoms. The van der Waals surface area contributed by atoms with Crippen LogP contribution in [0.5, 0.6) is 0 Å². The van der Waals surface area contributed by atoms with Crippen molar-refractivity contribution >= 4 is 17.5 Å². The van der Waals surface area contributed by atoms with E-state index >= 15 is 0 Å². The van der Waals surface area contributed by atoms with Crippen molar-refractivity contribution < 1.29 is 9.59 Å². The molecule has 124 valence electrons. The first-order valence-electron chi connectivity index (χ1n) is 8.45. The fourth-order valence-electron chi connectivity index (χ4n) is 3.46. The second-order valence-corrected chi connectivity index (χ2v) is 6.64. The maximum absolute atomic E-state index is 11.8. The van der Waals surface area contributed by atoms with Gasteiger partial charge in [0, 0.05) is 50.7 Å². The van der Waals surface area contributed by atoms with Gasteiger partial charge in [-0.1, -0.05) is 12.1 Å². The lowest BCUT2D eigenvalue weighted by atomic mass is 10.0. The highest BCUT2D eigenvalue weighted by Gasteiger charge is 2.24. The maximum atomic E-state index is 11.8. The van der Waals surface area contributed by atoms with Crippen LogP contribution in [0.15, 0.2) is 24.3 Å². The average molecular weight is 315 g/mol. The summed E-state index contributed by atoms with van der Waals surface area (Å²) in [4.78, 5) is 27.0. The molecule has 0 saturated carbocycles. The predicted molar refractivity (Wildman–Crippen MR) is 90.2 cm³/mol. The van der Waals surface area contributed by atoms with Gasteiger partial charge in [-0.2, -0.15) is 0 Å². The van der Waals surface area contributed by atoms with Gasteiger partial charge in [0.2, 0.25) is 11.8 Å². The average Bonchev–Trinajstić information content (AvgIpc) is 2.97. The molecule has 0 bridgehead atoms. The molecule has 2 fully saturated rings. The lowest BCUT2D eigenvalue weighted by Gasteiger charge is -2.32. The molecule has 0 radical (unpaired) electrons. The minimum absolute atomic E-state index is 0.221. The number of nitrogens with one attached hydrogen (secondary N) is 1. The SMILES string of the molecule is C[C@@H](N[C@@H]1CCC(=O)N(C)C1)c1ccc(N2CCCC2=O)cc1. The molecule has 2 aliphatic rings. The topological polar surface area (TPSA) is 52.7 Å². The number of anilines is 1. The molecular weight excluding hydrogens is 290 g/mol. The van der Waals surface area contributed by atoms with Gasteiger partial charge < -0.3 is 15.1 Å². The molecule has 23 heavy (non-hydrogen) atoms. The zero-order chi connectivity index (χ0) is 16.4. The van der Waals surface area contributed by atoms with Crippen LogP contribution in [0, 0.1) is 0 Å². The number of rotatable bonds is 4. The van der Waals surface area contributed by atoms with Crippen molar-refractivity contribution in [2.24, 2.45) is 0 Å². The number of carbonyl (C=O) groups is 2. The van der Waals surface area contributed by atoms with Crippen LogP contribution in [0.2, 0.25) is 0 Å². The van der Waals surface area contributed by atoms with Crippen molar-refractivity contribution in [2.75, 3.05) is 25.0 Å². The standard InChI is InChI=1S/C18H25N3O2/c1-13(19-15-7-10-17(22)20(2)12-15)14-5-8-16(9-6-14)21-11-3-4-18(21)23/h5-6,8-9,13,15,19H,3-4,7,10-12H2,1-2H3/t13-,15-/m1/s1. The van der Waals surface area contributed by atoms with Crippen LogP contribution < -0.4 is 10.2 Å². The summed E-state index contributed by atoms with van der Waals surface area (Å²) in [5.41, 5.74) is 2.20. The molecule has 5 nitrogen and oxygen atoms in total. The first kappa shape index (κ1) is 16.0. The van der Waals surface area contributed by atoms with Gasteiger partial charge in [0.1, 0.15) is 0 Å². The predicted octanol–water partition coefficient (Wildman–Crippen LogP) is 2.08. The highest BCUT2D eigenvalue weighted by Crippen LogP contribution is 2.24. The largest absolute Gasteiger partial charge is 0.344 e. The first-order valence-corrected chi connectivity index (χ1v) is 8.45. The number of hydrogen-bond acceptors (Lipinski definition) is 3. The Labute approximate surface area is 137 Å². The molecule has 1 aromatic rings. The molecule has 1 N–H and O–H groups in total. The molecule has 0 unspecified atom stereocenters. The van der Waals surface area contributed by atoms with Crippen molar-refractivity contribution in [3.05, 3.63) is 29.8 Å². The summed E-state index contributed by atoms with van der Waals surface area (Å²) in [7, 11) is 1.86. The lowest BCUT2D eigenvalue weighted by Crippen LogP contribution is -2.47. The van der Waals surface area contributed by atoms with Crippen molar-refractivity contribution in [1.29, 1.82) is 0 Å². The second kappa shape index (κ2) is 6.71. The fourth-order valence-corrected chi connectivity index (χ4v) is 3.46. The minimum atomic E-state index is 0.221. The Morgan fingerprint density at radius 2 is 1.87 bits per heavy atom. The van der Waals surface area contributed by atoms with Gasteiger partial charge in [-0.15, -0.1) is 0 Å². The van der Waals surface area contributed by atoms with Gasteiger partial charge in [-0.25, -0.2) is 0 Å². The Balaban J connectivity index is 1.60. The molecule has 0 aromatic heterocycles. The summed E-state index contributed by atoms with van der Waals surface area (Å²) in [6, 6.07) is 8.82. The third-order valence-electron chi connectivity index (χ3n) is 4.89. The van der Waals surface area contributed by atoms with E-state index in [1.165, 1.54) is 5.56 Å². The summed E-state index contributed by atoms with van der Waals surface area (Å²) in [6.07, 6.45) is 3.13. The smallest absolute Gasteiger partial charge is 0.227 e. The minimum Gasteiger partial charge on any atom is -0.344 e. The van der Waals surface area contributed by atoms with Gasteiger partial charge in [-0.05, 0) is 37.5 Å². The van der Waals surface area contributed by atoms with Crippen molar-refractivity contribution in [3.8, 4) is 0 Å². The number of amides is 2. The molecule has 2 heterocycles. The van der Waals surface area contributed by atoms with Crippen LogP contribution in [0.25, 0.3) is 0 Å². The van der Waals surface area contributed by atoms with Crippen molar-refractivity contribution in [3.63, 3.8) is 0 Å². The van der Waals surface area contributed by atoms with Crippen LogP contribution in [-0.4, -0.2) is 42.9 Å². The number of piperidine rings is 1. The number of benzene rings is 1. The summed E-state index contributed by atoms with van der Waals surface area (Å²) in [6.45, 7) is 3.74. The number of carbonyl (C=O) groups excluding carboxylic acids is 2. The molecule has 2 amide bonds. The number of likely N-dealkylation sites (tertiary alicyclic amines) is 1. The summed E-state index contributed by atoms with van der Waals surface area (Å²) in [5, 5.41) is 3.61. The van der Waals surface area contributed by atoms with E-state index in [1.807, 2.05) is 24.1 Å². The molecule has 2 atom stereocenters. The van der Waals surface area contributed by atoms with E-state index in [4.69, 9.17) is 0 Å². The zero-order valence-electron chi connectivity index (χ0n) is 13.9. The normalized spacial score (nSPS) is 23.5.